The van der Waals surface area contributed by atoms with E-state index in [4.69, 9.17) is 24.4 Å². The van der Waals surface area contributed by atoms with E-state index in [-0.39, 0.29) is 0 Å². The molecule has 9 heteroatoms. The molecule has 0 aromatic carbocycles. The van der Waals surface area contributed by atoms with Gasteiger partial charge in [-0.05, 0) is 6.42 Å². The molecule has 9 nitrogen and oxygen atoms in total. The van der Waals surface area contributed by atoms with Gasteiger partial charge in [0.2, 0.25) is 11.9 Å². The second-order valence-corrected chi connectivity index (χ2v) is 6.41. The lowest BCUT2D eigenvalue weighted by atomic mass is 10.3. The van der Waals surface area contributed by atoms with Gasteiger partial charge in [-0.15, -0.1) is 0 Å². The van der Waals surface area contributed by atoms with Gasteiger partial charge in [0.05, 0.1) is 31.8 Å². The standard InChI is InChI=1S/C17H25N7O2/c1-2-3-18-14-13-12-19-16(23-4-8-25-9-5-23)21-15(13)22-17(20-14)24-6-10-26-11-7-24/h12H,2-11H2,1H3,(H,18,19,20,21,22). The van der Waals surface area contributed by atoms with E-state index < -0.39 is 0 Å². The third kappa shape index (κ3) is 3.63. The summed E-state index contributed by atoms with van der Waals surface area (Å²) < 4.78 is 10.9. The highest BCUT2D eigenvalue weighted by atomic mass is 16.5. The average molecular weight is 359 g/mol. The highest BCUT2D eigenvalue weighted by Gasteiger charge is 2.19. The number of ether oxygens (including phenoxy) is 2. The first-order valence-electron chi connectivity index (χ1n) is 9.29. The molecule has 0 atom stereocenters. The van der Waals surface area contributed by atoms with Crippen LogP contribution in [0.1, 0.15) is 13.3 Å². The Morgan fingerprint density at radius 2 is 1.54 bits per heavy atom. The number of nitrogens with one attached hydrogen (secondary N) is 1. The number of hydrogen-bond acceptors (Lipinski definition) is 9. The molecular weight excluding hydrogens is 334 g/mol. The van der Waals surface area contributed by atoms with Gasteiger partial charge in [0.25, 0.3) is 0 Å². The van der Waals surface area contributed by atoms with Crippen molar-refractivity contribution < 1.29 is 9.47 Å². The topological polar surface area (TPSA) is 88.5 Å². The third-order valence-corrected chi connectivity index (χ3v) is 4.56. The molecule has 0 radical (unpaired) electrons. The minimum atomic E-state index is 0.677. The van der Waals surface area contributed by atoms with Crippen molar-refractivity contribution in [2.24, 2.45) is 0 Å². The largest absolute Gasteiger partial charge is 0.378 e. The number of fused-ring (bicyclic) bond motifs is 1. The predicted molar refractivity (Wildman–Crippen MR) is 100.0 cm³/mol. The molecule has 0 unspecified atom stereocenters. The van der Waals surface area contributed by atoms with Crippen LogP contribution in [0, 0.1) is 0 Å². The van der Waals surface area contributed by atoms with Gasteiger partial charge in [-0.1, -0.05) is 6.92 Å². The second-order valence-electron chi connectivity index (χ2n) is 6.41. The predicted octanol–water partition coefficient (Wildman–Crippen LogP) is 0.915. The van der Waals surface area contributed by atoms with Crippen LogP contribution in [0.15, 0.2) is 6.20 Å². The molecule has 26 heavy (non-hydrogen) atoms. The zero-order chi connectivity index (χ0) is 17.8. The van der Waals surface area contributed by atoms with Gasteiger partial charge in [-0.2, -0.15) is 15.0 Å². The Hall–Kier alpha value is -2.26. The van der Waals surface area contributed by atoms with Crippen molar-refractivity contribution in [3.8, 4) is 0 Å². The number of hydrogen-bond donors (Lipinski definition) is 1. The number of aromatic nitrogens is 4. The highest BCUT2D eigenvalue weighted by Crippen LogP contribution is 2.24. The zero-order valence-corrected chi connectivity index (χ0v) is 15.1. The Morgan fingerprint density at radius 1 is 0.923 bits per heavy atom. The van der Waals surface area contributed by atoms with E-state index in [1.807, 2.05) is 6.20 Å². The van der Waals surface area contributed by atoms with E-state index in [1.165, 1.54) is 0 Å². The monoisotopic (exact) mass is 359 g/mol. The van der Waals surface area contributed by atoms with Crippen LogP contribution in [-0.2, 0) is 9.47 Å². The second kappa shape index (κ2) is 7.96. The third-order valence-electron chi connectivity index (χ3n) is 4.56. The van der Waals surface area contributed by atoms with Crippen LogP contribution in [0.2, 0.25) is 0 Å². The maximum atomic E-state index is 5.45. The van der Waals surface area contributed by atoms with E-state index in [9.17, 15) is 0 Å². The van der Waals surface area contributed by atoms with Crippen molar-refractivity contribution in [2.75, 3.05) is 74.3 Å². The lowest BCUT2D eigenvalue weighted by Crippen LogP contribution is -2.38. The highest BCUT2D eigenvalue weighted by molar-refractivity contribution is 5.87. The molecule has 0 bridgehead atoms. The lowest BCUT2D eigenvalue weighted by Gasteiger charge is -2.28. The number of nitrogens with zero attached hydrogens (tertiary/aromatic N) is 6. The Morgan fingerprint density at radius 3 is 2.19 bits per heavy atom. The maximum absolute atomic E-state index is 5.45. The van der Waals surface area contributed by atoms with Gasteiger partial charge >= 0.3 is 0 Å². The van der Waals surface area contributed by atoms with E-state index in [1.54, 1.807) is 0 Å². The van der Waals surface area contributed by atoms with Crippen LogP contribution in [-0.4, -0.2) is 79.1 Å². The molecule has 2 aliphatic heterocycles. The summed E-state index contributed by atoms with van der Waals surface area (Å²) in [7, 11) is 0. The summed E-state index contributed by atoms with van der Waals surface area (Å²) in [6.45, 7) is 8.96. The maximum Gasteiger partial charge on any atom is 0.229 e. The van der Waals surface area contributed by atoms with Crippen molar-refractivity contribution in [1.82, 2.24) is 19.9 Å². The van der Waals surface area contributed by atoms with E-state index in [2.05, 4.69) is 27.0 Å². The SMILES string of the molecule is CCCNc1nc(N2CCOCC2)nc2nc(N3CCOCC3)ncc12. The first-order valence-corrected chi connectivity index (χ1v) is 9.29. The first-order chi connectivity index (χ1) is 12.8. The summed E-state index contributed by atoms with van der Waals surface area (Å²) in [5.74, 6) is 2.20. The molecule has 4 heterocycles. The van der Waals surface area contributed by atoms with Crippen molar-refractivity contribution in [3.05, 3.63) is 6.20 Å². The molecule has 140 valence electrons. The molecule has 1 N–H and O–H groups in total. The molecule has 0 saturated carbocycles. The van der Waals surface area contributed by atoms with E-state index in [0.29, 0.717) is 44.0 Å². The quantitative estimate of drug-likeness (QED) is 0.837. The van der Waals surface area contributed by atoms with Gasteiger partial charge in [0, 0.05) is 38.9 Å². The van der Waals surface area contributed by atoms with Crippen LogP contribution in [0.25, 0.3) is 11.0 Å². The fourth-order valence-corrected chi connectivity index (χ4v) is 3.09. The van der Waals surface area contributed by atoms with E-state index >= 15 is 0 Å². The number of rotatable bonds is 5. The molecule has 2 aliphatic rings. The number of anilines is 3. The molecule has 0 amide bonds. The average Bonchev–Trinajstić information content (AvgIpc) is 2.72. The fraction of sp³-hybridized carbons (Fsp3) is 0.647. The fourth-order valence-electron chi connectivity index (χ4n) is 3.09. The Bertz CT molecular complexity index is 740. The van der Waals surface area contributed by atoms with E-state index in [0.717, 1.165) is 50.3 Å². The molecule has 0 aliphatic carbocycles. The molecule has 2 aromatic heterocycles. The summed E-state index contributed by atoms with van der Waals surface area (Å²) in [6, 6.07) is 0. The zero-order valence-electron chi connectivity index (χ0n) is 15.1. The van der Waals surface area contributed by atoms with Crippen LogP contribution in [0.3, 0.4) is 0 Å². The summed E-state index contributed by atoms with van der Waals surface area (Å²) >= 11 is 0. The first kappa shape index (κ1) is 17.2. The van der Waals surface area contributed by atoms with Gasteiger partial charge in [-0.3, -0.25) is 0 Å². The molecule has 2 aromatic rings. The van der Waals surface area contributed by atoms with Gasteiger partial charge in [-0.25, -0.2) is 4.98 Å². The van der Waals surface area contributed by atoms with Crippen molar-refractivity contribution in [2.45, 2.75) is 13.3 Å². The Balaban J connectivity index is 1.71. The lowest BCUT2D eigenvalue weighted by molar-refractivity contribution is 0.122. The Labute approximate surface area is 152 Å². The normalized spacial score (nSPS) is 18.3. The summed E-state index contributed by atoms with van der Waals surface area (Å²) in [6.07, 6.45) is 2.85. The molecular formula is C17H25N7O2. The van der Waals surface area contributed by atoms with Crippen molar-refractivity contribution >= 4 is 28.7 Å². The molecule has 0 spiro atoms. The van der Waals surface area contributed by atoms with Gasteiger partial charge < -0.3 is 24.6 Å². The molecule has 2 fully saturated rings. The van der Waals surface area contributed by atoms with Gasteiger partial charge in [0.15, 0.2) is 5.65 Å². The number of morpholine rings is 2. The van der Waals surface area contributed by atoms with Crippen molar-refractivity contribution in [3.63, 3.8) is 0 Å². The minimum absolute atomic E-state index is 0.677. The smallest absolute Gasteiger partial charge is 0.229 e. The molecule has 2 saturated heterocycles. The van der Waals surface area contributed by atoms with Crippen molar-refractivity contribution in [1.29, 1.82) is 0 Å². The summed E-state index contributed by atoms with van der Waals surface area (Å²) in [5.41, 5.74) is 0.677. The molecule has 4 rings (SSSR count). The van der Waals surface area contributed by atoms with Crippen LogP contribution < -0.4 is 15.1 Å². The minimum Gasteiger partial charge on any atom is -0.378 e. The summed E-state index contributed by atoms with van der Waals surface area (Å²) in [4.78, 5) is 23.0. The van der Waals surface area contributed by atoms with Gasteiger partial charge in [0.1, 0.15) is 5.82 Å². The van der Waals surface area contributed by atoms with Crippen LogP contribution in [0.4, 0.5) is 17.7 Å². The van der Waals surface area contributed by atoms with Crippen LogP contribution in [0.5, 0.6) is 0 Å². The Kier molecular flexibility index (Phi) is 5.26. The summed E-state index contributed by atoms with van der Waals surface area (Å²) in [5, 5.41) is 4.25. The van der Waals surface area contributed by atoms with Crippen LogP contribution >= 0.6 is 0 Å².